The van der Waals surface area contributed by atoms with Crippen LogP contribution in [0.3, 0.4) is 0 Å². The maximum atomic E-state index is 13.0. The van der Waals surface area contributed by atoms with Crippen LogP contribution >= 0.6 is 11.3 Å². The summed E-state index contributed by atoms with van der Waals surface area (Å²) in [4.78, 5) is 4.11. The van der Waals surface area contributed by atoms with Gasteiger partial charge in [-0.25, -0.2) is 17.8 Å². The average molecular weight is 272 g/mol. The van der Waals surface area contributed by atoms with E-state index >= 15 is 0 Å². The van der Waals surface area contributed by atoms with Crippen LogP contribution < -0.4 is 4.72 Å². The first-order chi connectivity index (χ1) is 8.04. The zero-order valence-corrected chi connectivity index (χ0v) is 10.3. The van der Waals surface area contributed by atoms with Gasteiger partial charge in [-0.05, 0) is 31.0 Å². The van der Waals surface area contributed by atoms with Gasteiger partial charge < -0.3 is 0 Å². The summed E-state index contributed by atoms with van der Waals surface area (Å²) in [7, 11) is -3.29. The van der Waals surface area contributed by atoms with Crippen LogP contribution in [0, 0.1) is 5.82 Å². The van der Waals surface area contributed by atoms with Crippen molar-refractivity contribution < 1.29 is 12.8 Å². The fourth-order valence-electron chi connectivity index (χ4n) is 1.53. The van der Waals surface area contributed by atoms with Crippen LogP contribution in [-0.2, 0) is 10.0 Å². The molecule has 1 heterocycles. The van der Waals surface area contributed by atoms with E-state index in [2.05, 4.69) is 9.71 Å². The highest BCUT2D eigenvalue weighted by Crippen LogP contribution is 2.32. The minimum Gasteiger partial charge on any atom is -0.258 e. The summed E-state index contributed by atoms with van der Waals surface area (Å²) in [5.41, 5.74) is 0.602. The molecule has 0 spiro atoms. The lowest BCUT2D eigenvalue weighted by atomic mass is 10.3. The molecule has 2 aromatic rings. The van der Waals surface area contributed by atoms with Gasteiger partial charge in [-0.3, -0.25) is 4.72 Å². The number of aromatic nitrogens is 1. The van der Waals surface area contributed by atoms with E-state index in [1.165, 1.54) is 18.2 Å². The summed E-state index contributed by atoms with van der Waals surface area (Å²) in [6.07, 6.45) is 1.41. The molecule has 1 aliphatic rings. The van der Waals surface area contributed by atoms with E-state index in [-0.39, 0.29) is 11.1 Å². The van der Waals surface area contributed by atoms with Crippen LogP contribution in [0.1, 0.15) is 12.8 Å². The predicted molar refractivity (Wildman–Crippen MR) is 65.1 cm³/mol. The Kier molecular flexibility index (Phi) is 2.34. The van der Waals surface area contributed by atoms with Crippen LogP contribution in [-0.4, -0.2) is 18.7 Å². The van der Waals surface area contributed by atoms with E-state index in [9.17, 15) is 12.8 Å². The van der Waals surface area contributed by atoms with E-state index in [0.29, 0.717) is 28.2 Å². The van der Waals surface area contributed by atoms with Crippen molar-refractivity contribution in [2.45, 2.75) is 18.1 Å². The molecule has 1 aromatic heterocycles. The van der Waals surface area contributed by atoms with E-state index < -0.39 is 10.0 Å². The van der Waals surface area contributed by atoms with E-state index in [1.807, 2.05) is 0 Å². The van der Waals surface area contributed by atoms with Gasteiger partial charge in [0.05, 0.1) is 15.5 Å². The molecule has 17 heavy (non-hydrogen) atoms. The number of thiazole rings is 1. The molecule has 3 rings (SSSR count). The fraction of sp³-hybridized carbons (Fsp3) is 0.300. The van der Waals surface area contributed by atoms with Gasteiger partial charge in [0.1, 0.15) is 5.82 Å². The van der Waals surface area contributed by atoms with Gasteiger partial charge in [0.15, 0.2) is 5.13 Å². The molecule has 0 bridgehead atoms. The summed E-state index contributed by atoms with van der Waals surface area (Å²) >= 11 is 1.14. The third-order valence-electron chi connectivity index (χ3n) is 2.54. The number of hydrogen-bond acceptors (Lipinski definition) is 4. The molecule has 90 valence electrons. The Hall–Kier alpha value is -1.21. The lowest BCUT2D eigenvalue weighted by Gasteiger charge is -2.01. The summed E-state index contributed by atoms with van der Waals surface area (Å²) in [6, 6.07) is 4.19. The molecule has 0 unspecified atom stereocenters. The lowest BCUT2D eigenvalue weighted by Crippen LogP contribution is -2.16. The number of fused-ring (bicyclic) bond motifs is 1. The minimum atomic E-state index is -3.29. The second-order valence-electron chi connectivity index (χ2n) is 3.98. The highest BCUT2D eigenvalue weighted by Gasteiger charge is 2.36. The van der Waals surface area contributed by atoms with Crippen molar-refractivity contribution in [2.24, 2.45) is 0 Å². The van der Waals surface area contributed by atoms with E-state index in [4.69, 9.17) is 0 Å². The Bertz CT molecular complexity index is 677. The predicted octanol–water partition coefficient (Wildman–Crippen LogP) is 2.34. The van der Waals surface area contributed by atoms with Gasteiger partial charge in [-0.2, -0.15) is 0 Å². The van der Waals surface area contributed by atoms with Gasteiger partial charge >= 0.3 is 0 Å². The van der Waals surface area contributed by atoms with E-state index in [1.54, 1.807) is 0 Å². The third kappa shape index (κ3) is 2.12. The molecular weight excluding hydrogens is 263 g/mol. The lowest BCUT2D eigenvalue weighted by molar-refractivity contribution is 0.600. The highest BCUT2D eigenvalue weighted by molar-refractivity contribution is 7.93. The van der Waals surface area contributed by atoms with Crippen LogP contribution in [0.25, 0.3) is 10.2 Å². The van der Waals surface area contributed by atoms with Crippen molar-refractivity contribution in [2.75, 3.05) is 4.72 Å². The van der Waals surface area contributed by atoms with Crippen molar-refractivity contribution in [1.29, 1.82) is 0 Å². The topological polar surface area (TPSA) is 59.1 Å². The number of rotatable bonds is 3. The molecule has 1 saturated carbocycles. The second-order valence-corrected chi connectivity index (χ2v) is 6.97. The molecule has 0 amide bonds. The zero-order chi connectivity index (χ0) is 12.0. The van der Waals surface area contributed by atoms with Crippen LogP contribution in [0.2, 0.25) is 0 Å². The monoisotopic (exact) mass is 272 g/mol. The van der Waals surface area contributed by atoms with Crippen LogP contribution in [0.15, 0.2) is 18.2 Å². The standard InChI is InChI=1S/C10H9FN2O2S2/c11-6-1-4-8-9(5-6)16-10(12-8)13-17(14,15)7-2-3-7/h1,4-5,7H,2-3H2,(H,12,13). The molecular formula is C10H9FN2O2S2. The highest BCUT2D eigenvalue weighted by atomic mass is 32.2. The maximum absolute atomic E-state index is 13.0. The Labute approximate surface area is 102 Å². The molecule has 4 nitrogen and oxygen atoms in total. The van der Waals surface area contributed by atoms with Crippen LogP contribution in [0.4, 0.5) is 9.52 Å². The first-order valence-electron chi connectivity index (χ1n) is 5.12. The number of hydrogen-bond donors (Lipinski definition) is 1. The molecule has 1 fully saturated rings. The number of benzene rings is 1. The zero-order valence-electron chi connectivity index (χ0n) is 8.68. The minimum absolute atomic E-state index is 0.286. The Morgan fingerprint density at radius 2 is 2.18 bits per heavy atom. The van der Waals surface area contributed by atoms with Crippen molar-refractivity contribution in [3.8, 4) is 0 Å². The smallest absolute Gasteiger partial charge is 0.237 e. The van der Waals surface area contributed by atoms with Crippen molar-refractivity contribution in [3.05, 3.63) is 24.0 Å². The second kappa shape index (κ2) is 3.64. The molecule has 0 atom stereocenters. The van der Waals surface area contributed by atoms with Gasteiger partial charge in [0, 0.05) is 0 Å². The molecule has 0 saturated heterocycles. The largest absolute Gasteiger partial charge is 0.258 e. The van der Waals surface area contributed by atoms with Crippen molar-refractivity contribution in [1.82, 2.24) is 4.98 Å². The summed E-state index contributed by atoms with van der Waals surface area (Å²) in [5.74, 6) is -0.349. The Morgan fingerprint density at radius 3 is 2.88 bits per heavy atom. The van der Waals surface area contributed by atoms with Crippen LogP contribution in [0.5, 0.6) is 0 Å². The number of halogens is 1. The van der Waals surface area contributed by atoms with Crippen molar-refractivity contribution in [3.63, 3.8) is 0 Å². The molecule has 7 heteroatoms. The summed E-state index contributed by atoms with van der Waals surface area (Å²) < 4.78 is 39.4. The fourth-order valence-corrected chi connectivity index (χ4v) is 4.00. The number of anilines is 1. The van der Waals surface area contributed by atoms with Gasteiger partial charge in [0.25, 0.3) is 0 Å². The van der Waals surface area contributed by atoms with E-state index in [0.717, 1.165) is 11.3 Å². The number of sulfonamides is 1. The first kappa shape index (κ1) is 10.9. The van der Waals surface area contributed by atoms with Gasteiger partial charge in [-0.1, -0.05) is 11.3 Å². The quantitative estimate of drug-likeness (QED) is 0.933. The molecule has 1 aliphatic carbocycles. The van der Waals surface area contributed by atoms with Gasteiger partial charge in [-0.15, -0.1) is 0 Å². The molecule has 0 radical (unpaired) electrons. The molecule has 0 aliphatic heterocycles. The summed E-state index contributed by atoms with van der Waals surface area (Å²) in [6.45, 7) is 0. The normalized spacial score (nSPS) is 16.3. The molecule has 1 N–H and O–H groups in total. The van der Waals surface area contributed by atoms with Crippen molar-refractivity contribution >= 4 is 36.7 Å². The first-order valence-corrected chi connectivity index (χ1v) is 7.48. The Balaban J connectivity index is 1.96. The third-order valence-corrected chi connectivity index (χ3v) is 5.43. The SMILES string of the molecule is O=S(=O)(Nc1nc2ccc(F)cc2s1)C1CC1. The molecule has 1 aromatic carbocycles. The summed E-state index contributed by atoms with van der Waals surface area (Å²) in [5, 5.41) is 0.0174. The number of nitrogens with zero attached hydrogens (tertiary/aromatic N) is 1. The van der Waals surface area contributed by atoms with Gasteiger partial charge in [0.2, 0.25) is 10.0 Å². The maximum Gasteiger partial charge on any atom is 0.237 e. The average Bonchev–Trinajstić information content (AvgIpc) is 3.01. The Morgan fingerprint density at radius 1 is 1.41 bits per heavy atom. The number of nitrogens with one attached hydrogen (secondary N) is 1.